The van der Waals surface area contributed by atoms with Crippen LogP contribution in [0.5, 0.6) is 0 Å². The van der Waals surface area contributed by atoms with Crippen molar-refractivity contribution in [3.63, 3.8) is 0 Å². The van der Waals surface area contributed by atoms with Crippen molar-refractivity contribution >= 4 is 22.0 Å². The Morgan fingerprint density at radius 1 is 1.35 bits per heavy atom. The Morgan fingerprint density at radius 3 is 2.40 bits per heavy atom. The van der Waals surface area contributed by atoms with Gasteiger partial charge >= 0.3 is 16.3 Å². The molecule has 0 aromatic heterocycles. The molecule has 7 heteroatoms. The minimum absolute atomic E-state index is 0.319. The molecule has 5 nitrogen and oxygen atoms in total. The summed E-state index contributed by atoms with van der Waals surface area (Å²) in [5.74, 6) is -0.680. The summed E-state index contributed by atoms with van der Waals surface area (Å²) in [5, 5.41) is 2.55. The van der Waals surface area contributed by atoms with Gasteiger partial charge in [0.1, 0.15) is 11.4 Å². The lowest BCUT2D eigenvalue weighted by molar-refractivity contribution is 0.0636. The Balaban J connectivity index is 2.81. The van der Waals surface area contributed by atoms with Crippen LogP contribution in [0.15, 0.2) is 18.2 Å². The molecule has 0 unspecified atom stereocenters. The molecule has 0 bridgehead atoms. The molecule has 0 saturated carbocycles. The normalized spacial score (nSPS) is 12.1. The third-order valence-electron chi connectivity index (χ3n) is 2.27. The fourth-order valence-electron chi connectivity index (χ4n) is 1.57. The molecule has 0 aliphatic rings. The molecule has 1 aromatic carbocycles. The van der Waals surface area contributed by atoms with Crippen molar-refractivity contribution in [3.8, 4) is 0 Å². The monoisotopic (exact) mass is 303 g/mol. The summed E-state index contributed by atoms with van der Waals surface area (Å²) in [4.78, 5) is 11.6. The van der Waals surface area contributed by atoms with Crippen LogP contribution in [-0.2, 0) is 20.7 Å². The molecular weight excluding hydrogens is 285 g/mol. The molecule has 0 aliphatic heterocycles. The van der Waals surface area contributed by atoms with E-state index in [1.54, 1.807) is 27.7 Å². The van der Waals surface area contributed by atoms with E-state index in [2.05, 4.69) is 5.32 Å². The summed E-state index contributed by atoms with van der Waals surface area (Å²) < 4.78 is 38.8. The Kier molecular flexibility index (Phi) is 4.75. The first-order valence-electron chi connectivity index (χ1n) is 5.98. The molecular formula is C13H18FNO4S. The molecule has 0 aliphatic carbocycles. The topological polar surface area (TPSA) is 72.5 Å². The molecule has 1 rings (SSSR count). The Bertz CT molecular complexity index is 605. The number of carbonyl (C=O) groups is 1. The summed E-state index contributed by atoms with van der Waals surface area (Å²) in [6, 6.07) is 4.46. The molecule has 0 spiro atoms. The first-order valence-corrected chi connectivity index (χ1v) is 7.53. The fourth-order valence-corrected chi connectivity index (χ4v) is 2.15. The van der Waals surface area contributed by atoms with Gasteiger partial charge in [0.25, 0.3) is 0 Å². The number of benzene rings is 1. The average molecular weight is 303 g/mol. The maximum Gasteiger partial charge on any atom is 0.412 e. The molecule has 0 fully saturated rings. The van der Waals surface area contributed by atoms with Crippen LogP contribution in [0.3, 0.4) is 0 Å². The summed E-state index contributed by atoms with van der Waals surface area (Å²) >= 11 is 0. The van der Waals surface area contributed by atoms with Crippen LogP contribution in [0.4, 0.5) is 14.4 Å². The number of hydrogen-bond acceptors (Lipinski definition) is 4. The number of nitrogens with one attached hydrogen (secondary N) is 1. The SMILES string of the molecule is Cc1cc(CS(=O)(=O)F)ccc1NC(=O)OC(C)(C)C. The van der Waals surface area contributed by atoms with E-state index in [0.29, 0.717) is 16.8 Å². The van der Waals surface area contributed by atoms with E-state index in [9.17, 15) is 17.1 Å². The van der Waals surface area contributed by atoms with Gasteiger partial charge in [0, 0.05) is 5.69 Å². The minimum Gasteiger partial charge on any atom is -0.444 e. The summed E-state index contributed by atoms with van der Waals surface area (Å²) in [6.07, 6.45) is -0.605. The lowest BCUT2D eigenvalue weighted by Gasteiger charge is -2.20. The molecule has 1 aromatic rings. The van der Waals surface area contributed by atoms with Gasteiger partial charge in [0.15, 0.2) is 0 Å². The van der Waals surface area contributed by atoms with E-state index < -0.39 is 27.7 Å². The van der Waals surface area contributed by atoms with Crippen molar-refractivity contribution in [3.05, 3.63) is 29.3 Å². The number of aryl methyl sites for hydroxylation is 1. The Hall–Kier alpha value is -1.63. The second-order valence-corrected chi connectivity index (χ2v) is 6.83. The Labute approximate surface area is 118 Å². The van der Waals surface area contributed by atoms with Crippen LogP contribution in [0.25, 0.3) is 0 Å². The second-order valence-electron chi connectivity index (χ2n) is 5.46. The zero-order valence-electron chi connectivity index (χ0n) is 11.9. The zero-order chi connectivity index (χ0) is 15.6. The predicted octanol–water partition coefficient (Wildman–Crippen LogP) is 3.14. The van der Waals surface area contributed by atoms with Crippen LogP contribution in [0, 0.1) is 6.92 Å². The zero-order valence-corrected chi connectivity index (χ0v) is 12.7. The van der Waals surface area contributed by atoms with Crippen molar-refractivity contribution in [1.82, 2.24) is 0 Å². The maximum atomic E-state index is 12.6. The number of halogens is 1. The lowest BCUT2D eigenvalue weighted by Crippen LogP contribution is -2.27. The van der Waals surface area contributed by atoms with E-state index in [1.807, 2.05) is 0 Å². The van der Waals surface area contributed by atoms with Gasteiger partial charge < -0.3 is 4.74 Å². The standard InChI is InChI=1S/C13H18FNO4S/c1-9-7-10(8-20(14,17)18)5-6-11(9)15-12(16)19-13(2,3)4/h5-7H,8H2,1-4H3,(H,15,16). The van der Waals surface area contributed by atoms with E-state index in [0.717, 1.165) is 0 Å². The van der Waals surface area contributed by atoms with Crippen molar-refractivity contribution in [2.24, 2.45) is 0 Å². The summed E-state index contributed by atoms with van der Waals surface area (Å²) in [6.45, 7) is 6.92. The van der Waals surface area contributed by atoms with Gasteiger partial charge in [-0.05, 0) is 44.9 Å². The third-order valence-corrected chi connectivity index (χ3v) is 2.94. The smallest absolute Gasteiger partial charge is 0.412 e. The van der Waals surface area contributed by atoms with Crippen LogP contribution in [-0.4, -0.2) is 20.1 Å². The molecule has 0 atom stereocenters. The first kappa shape index (κ1) is 16.4. The number of rotatable bonds is 3. The molecule has 1 amide bonds. The number of ether oxygens (including phenoxy) is 1. The van der Waals surface area contributed by atoms with E-state index in [-0.39, 0.29) is 0 Å². The van der Waals surface area contributed by atoms with E-state index in [1.165, 1.54) is 18.2 Å². The molecule has 0 radical (unpaired) electrons. The van der Waals surface area contributed by atoms with Gasteiger partial charge in [-0.25, -0.2) is 4.79 Å². The molecule has 20 heavy (non-hydrogen) atoms. The van der Waals surface area contributed by atoms with Gasteiger partial charge in [0.2, 0.25) is 0 Å². The summed E-state index contributed by atoms with van der Waals surface area (Å²) in [5.41, 5.74) is 0.816. The fraction of sp³-hybridized carbons (Fsp3) is 0.462. The quantitative estimate of drug-likeness (QED) is 0.871. The van der Waals surface area contributed by atoms with Crippen molar-refractivity contribution in [2.45, 2.75) is 39.0 Å². The van der Waals surface area contributed by atoms with E-state index >= 15 is 0 Å². The van der Waals surface area contributed by atoms with Gasteiger partial charge in [-0.3, -0.25) is 5.32 Å². The number of hydrogen-bond donors (Lipinski definition) is 1. The third kappa shape index (κ3) is 6.01. The second kappa shape index (κ2) is 5.78. The Morgan fingerprint density at radius 2 is 1.95 bits per heavy atom. The predicted molar refractivity (Wildman–Crippen MR) is 74.8 cm³/mol. The average Bonchev–Trinajstić information content (AvgIpc) is 2.17. The minimum atomic E-state index is -4.57. The van der Waals surface area contributed by atoms with Crippen LogP contribution < -0.4 is 5.32 Å². The number of carbonyl (C=O) groups excluding carboxylic acids is 1. The van der Waals surface area contributed by atoms with Crippen LogP contribution >= 0.6 is 0 Å². The molecule has 1 N–H and O–H groups in total. The molecule has 0 heterocycles. The first-order chi connectivity index (χ1) is 8.96. The number of amides is 1. The highest BCUT2D eigenvalue weighted by molar-refractivity contribution is 7.85. The highest BCUT2D eigenvalue weighted by Crippen LogP contribution is 2.19. The summed E-state index contributed by atoms with van der Waals surface area (Å²) in [7, 11) is -4.57. The maximum absolute atomic E-state index is 12.6. The van der Waals surface area contributed by atoms with Crippen molar-refractivity contribution < 1.29 is 21.8 Å². The highest BCUT2D eigenvalue weighted by atomic mass is 32.3. The van der Waals surface area contributed by atoms with Crippen molar-refractivity contribution in [2.75, 3.05) is 5.32 Å². The largest absolute Gasteiger partial charge is 0.444 e. The van der Waals surface area contributed by atoms with Gasteiger partial charge in [0.05, 0.1) is 0 Å². The van der Waals surface area contributed by atoms with Gasteiger partial charge in [-0.2, -0.15) is 8.42 Å². The van der Waals surface area contributed by atoms with Crippen LogP contribution in [0.2, 0.25) is 0 Å². The lowest BCUT2D eigenvalue weighted by atomic mass is 10.1. The highest BCUT2D eigenvalue weighted by Gasteiger charge is 2.17. The molecule has 112 valence electrons. The van der Waals surface area contributed by atoms with Gasteiger partial charge in [-0.1, -0.05) is 12.1 Å². The number of anilines is 1. The van der Waals surface area contributed by atoms with Gasteiger partial charge in [-0.15, -0.1) is 3.89 Å². The van der Waals surface area contributed by atoms with Crippen molar-refractivity contribution in [1.29, 1.82) is 0 Å². The van der Waals surface area contributed by atoms with E-state index in [4.69, 9.17) is 4.74 Å². The van der Waals surface area contributed by atoms with Crippen LogP contribution in [0.1, 0.15) is 31.9 Å². The molecule has 0 saturated heterocycles.